The molecule has 53 heavy (non-hydrogen) atoms. The number of amides is 4. The van der Waals surface area contributed by atoms with Gasteiger partial charge in [-0.05, 0) is 53.6 Å². The maximum atomic E-state index is 14.2. The lowest BCUT2D eigenvalue weighted by molar-refractivity contribution is -0.129. The topological polar surface area (TPSA) is 173 Å². The van der Waals surface area contributed by atoms with Crippen LogP contribution < -0.4 is 5.32 Å². The third-order valence-corrected chi connectivity index (χ3v) is 10.9. The first-order valence-electron chi connectivity index (χ1n) is 17.5. The summed E-state index contributed by atoms with van der Waals surface area (Å²) in [5, 5.41) is 27.5. The minimum atomic E-state index is -4.11. The lowest BCUT2D eigenvalue weighted by Crippen LogP contribution is -2.57. The number of nitrogens with one attached hydrogen (secondary N) is 1. The Kier molecular flexibility index (Phi) is 12.6. The van der Waals surface area contributed by atoms with Crippen LogP contribution in [0.2, 0.25) is 0 Å². The fourth-order valence-electron chi connectivity index (χ4n) is 6.47. The summed E-state index contributed by atoms with van der Waals surface area (Å²) in [7, 11) is -4.11. The predicted octanol–water partition coefficient (Wildman–Crippen LogP) is 4.27. The number of fused-ring (bicyclic) bond motifs is 1. The average molecular weight is 743 g/mol. The Hall–Kier alpha value is -5.18. The highest BCUT2D eigenvalue weighted by Gasteiger charge is 2.44. The number of carbonyl (C=O) groups is 3. The quantitative estimate of drug-likeness (QED) is 0.0661. The number of hydrogen-bond donors (Lipinski definition) is 3. The van der Waals surface area contributed by atoms with Crippen molar-refractivity contribution < 1.29 is 33.1 Å². The van der Waals surface area contributed by atoms with Gasteiger partial charge in [-0.15, -0.1) is 0 Å². The van der Waals surface area contributed by atoms with Crippen LogP contribution in [0.3, 0.4) is 0 Å². The number of para-hydroxylation sites is 1. The number of oxime groups is 1. The molecule has 1 aliphatic heterocycles. The number of sulfonamides is 1. The van der Waals surface area contributed by atoms with Crippen molar-refractivity contribution in [3.63, 3.8) is 0 Å². The molecule has 0 unspecified atom stereocenters. The Morgan fingerprint density at radius 3 is 2.28 bits per heavy atom. The smallest absolute Gasteiger partial charge is 0.328 e. The van der Waals surface area contributed by atoms with Crippen molar-refractivity contribution in [1.82, 2.24) is 24.4 Å². The third-order valence-electron chi connectivity index (χ3n) is 9.07. The molecule has 5 rings (SSSR count). The van der Waals surface area contributed by atoms with E-state index in [2.05, 4.69) is 15.5 Å². The van der Waals surface area contributed by atoms with Gasteiger partial charge in [-0.1, -0.05) is 99.6 Å². The molecule has 2 heterocycles. The Balaban J connectivity index is 1.38. The van der Waals surface area contributed by atoms with Crippen LogP contribution in [0.1, 0.15) is 44.5 Å². The van der Waals surface area contributed by atoms with E-state index in [0.29, 0.717) is 11.3 Å². The predicted molar refractivity (Wildman–Crippen MR) is 201 cm³/mol. The van der Waals surface area contributed by atoms with Crippen molar-refractivity contribution in [2.75, 3.05) is 19.6 Å². The van der Waals surface area contributed by atoms with Gasteiger partial charge in [-0.3, -0.25) is 19.5 Å². The highest BCUT2D eigenvalue weighted by molar-refractivity contribution is 7.89. The molecule has 0 bridgehead atoms. The Labute approximate surface area is 310 Å². The third kappa shape index (κ3) is 9.44. The molecule has 0 radical (unpaired) electrons. The second-order valence-electron chi connectivity index (χ2n) is 14.0. The van der Waals surface area contributed by atoms with Crippen LogP contribution in [0, 0.1) is 11.8 Å². The molecule has 4 amide bonds. The molecule has 14 heteroatoms. The van der Waals surface area contributed by atoms with Crippen LogP contribution in [-0.4, -0.2) is 99.7 Å². The van der Waals surface area contributed by atoms with E-state index in [0.717, 1.165) is 21.4 Å². The number of carbonyl (C=O) groups excluding carboxylic acids is 3. The molecule has 1 fully saturated rings. The van der Waals surface area contributed by atoms with E-state index in [1.165, 1.54) is 39.7 Å². The maximum Gasteiger partial charge on any atom is 0.328 e. The molecule has 0 spiro atoms. The molecule has 0 aliphatic carbocycles. The number of pyridine rings is 1. The second-order valence-corrected chi connectivity index (χ2v) is 15.9. The number of hydrogen-bond acceptors (Lipinski definition) is 9. The Bertz CT molecular complexity index is 2040. The fraction of sp³-hybridized carbons (Fsp3) is 0.359. The van der Waals surface area contributed by atoms with Gasteiger partial charge < -0.3 is 20.5 Å². The molecule has 1 saturated heterocycles. The molecule has 13 nitrogen and oxygen atoms in total. The van der Waals surface area contributed by atoms with E-state index in [-0.39, 0.29) is 43.4 Å². The second kappa shape index (κ2) is 17.1. The lowest BCUT2D eigenvalue weighted by atomic mass is 9.97. The Morgan fingerprint density at radius 2 is 1.62 bits per heavy atom. The number of nitrogens with zero attached hydrogens (tertiary/aromatic N) is 5. The Morgan fingerprint density at radius 1 is 0.943 bits per heavy atom. The molecular weight excluding hydrogens is 697 g/mol. The van der Waals surface area contributed by atoms with Crippen molar-refractivity contribution >= 4 is 45.0 Å². The number of benzene rings is 3. The number of aliphatic hydroxyl groups is 1. The summed E-state index contributed by atoms with van der Waals surface area (Å²) in [4.78, 5) is 48.1. The molecule has 280 valence electrons. The minimum Gasteiger partial charge on any atom is -0.411 e. The van der Waals surface area contributed by atoms with Crippen LogP contribution in [-0.2, 0) is 32.6 Å². The van der Waals surface area contributed by atoms with Crippen LogP contribution in [0.15, 0.2) is 101 Å². The first-order chi connectivity index (χ1) is 25.3. The normalized spacial score (nSPS) is 15.6. The van der Waals surface area contributed by atoms with Crippen LogP contribution in [0.25, 0.3) is 10.9 Å². The SMILES string of the molecule is CC(C)CN(C[C@@H](O)[C@H](Cc1ccccc1)NC(=O)[C@H](C(C)C)N1CC(=O)N(Cc2ccc3ccccc3n2)C1=O)S(=O)(=O)c1ccc(/C=N/O)cc1. The summed E-state index contributed by atoms with van der Waals surface area (Å²) in [6.45, 7) is 6.65. The standard InChI is InChI=1S/C39H46N6O7S/c1-26(2)22-43(53(51,52)32-18-14-29(15-19-32)21-40-50)24-35(46)34(20-28-10-6-5-7-11-28)42-38(48)37(27(3)4)45-25-36(47)44(39(45)49)23-31-17-16-30-12-8-9-13-33(30)41-31/h5-19,21,26-27,34-35,37,46,50H,20,22-25H2,1-4H3,(H,42,48)/b40-21+/t34-,35+,37-/m0/s1. The summed E-state index contributed by atoms with van der Waals surface area (Å²) in [5.74, 6) is -1.56. The molecule has 3 N–H and O–H groups in total. The molecule has 3 atom stereocenters. The van der Waals surface area contributed by atoms with Gasteiger partial charge in [0.15, 0.2) is 0 Å². The monoisotopic (exact) mass is 742 g/mol. The molecular formula is C39H46N6O7S. The van der Waals surface area contributed by atoms with Gasteiger partial charge in [0.1, 0.15) is 12.6 Å². The first-order valence-corrected chi connectivity index (χ1v) is 19.0. The van der Waals surface area contributed by atoms with Gasteiger partial charge in [-0.2, -0.15) is 4.31 Å². The largest absolute Gasteiger partial charge is 0.411 e. The minimum absolute atomic E-state index is 0.00962. The lowest BCUT2D eigenvalue weighted by Gasteiger charge is -2.34. The zero-order valence-corrected chi connectivity index (χ0v) is 31.1. The molecule has 4 aromatic rings. The molecule has 1 aromatic heterocycles. The van der Waals surface area contributed by atoms with Gasteiger partial charge in [0.2, 0.25) is 15.9 Å². The van der Waals surface area contributed by atoms with E-state index in [4.69, 9.17) is 5.21 Å². The number of aliphatic hydroxyl groups excluding tert-OH is 1. The number of aromatic nitrogens is 1. The highest BCUT2D eigenvalue weighted by Crippen LogP contribution is 2.24. The van der Waals surface area contributed by atoms with Gasteiger partial charge in [0.25, 0.3) is 5.91 Å². The van der Waals surface area contributed by atoms with Crippen molar-refractivity contribution in [3.05, 3.63) is 108 Å². The highest BCUT2D eigenvalue weighted by atomic mass is 32.2. The van der Waals surface area contributed by atoms with E-state index in [1.807, 2.05) is 74.5 Å². The fourth-order valence-corrected chi connectivity index (χ4v) is 8.09. The number of imide groups is 1. The molecule has 0 saturated carbocycles. The molecule has 3 aromatic carbocycles. The van der Waals surface area contributed by atoms with Gasteiger partial charge >= 0.3 is 6.03 Å². The zero-order chi connectivity index (χ0) is 38.3. The van der Waals surface area contributed by atoms with Crippen molar-refractivity contribution in [3.8, 4) is 0 Å². The summed E-state index contributed by atoms with van der Waals surface area (Å²) in [5.41, 5.74) is 2.55. The summed E-state index contributed by atoms with van der Waals surface area (Å²) < 4.78 is 29.0. The van der Waals surface area contributed by atoms with Gasteiger partial charge in [-0.25, -0.2) is 13.2 Å². The van der Waals surface area contributed by atoms with Crippen molar-refractivity contribution in [2.45, 2.75) is 63.7 Å². The van der Waals surface area contributed by atoms with Crippen molar-refractivity contribution in [1.29, 1.82) is 0 Å². The number of urea groups is 1. The summed E-state index contributed by atoms with van der Waals surface area (Å²) >= 11 is 0. The van der Waals surface area contributed by atoms with E-state index in [9.17, 15) is 27.9 Å². The number of rotatable bonds is 16. The van der Waals surface area contributed by atoms with Crippen LogP contribution in [0.4, 0.5) is 4.79 Å². The van der Waals surface area contributed by atoms with Gasteiger partial charge in [0, 0.05) is 18.5 Å². The zero-order valence-electron chi connectivity index (χ0n) is 30.2. The summed E-state index contributed by atoms with van der Waals surface area (Å²) in [6.07, 6.45) is -0.0261. The van der Waals surface area contributed by atoms with Crippen LogP contribution in [0.5, 0.6) is 0 Å². The van der Waals surface area contributed by atoms with E-state index >= 15 is 0 Å². The average Bonchev–Trinajstić information content (AvgIpc) is 3.39. The van der Waals surface area contributed by atoms with E-state index in [1.54, 1.807) is 19.9 Å². The first kappa shape index (κ1) is 39.0. The maximum absolute atomic E-state index is 14.2. The molecule has 1 aliphatic rings. The van der Waals surface area contributed by atoms with Gasteiger partial charge in [0.05, 0.1) is 41.0 Å². The van der Waals surface area contributed by atoms with Crippen molar-refractivity contribution in [2.24, 2.45) is 17.0 Å². The van der Waals surface area contributed by atoms with Crippen LogP contribution >= 0.6 is 0 Å². The van der Waals surface area contributed by atoms with E-state index < -0.39 is 52.0 Å². The summed E-state index contributed by atoms with van der Waals surface area (Å²) in [6, 6.07) is 23.5.